The highest BCUT2D eigenvalue weighted by Gasteiger charge is 2.84. The fourth-order valence-corrected chi connectivity index (χ4v) is 9.05. The van der Waals surface area contributed by atoms with E-state index in [-0.39, 0.29) is 46.0 Å². The van der Waals surface area contributed by atoms with E-state index in [1.54, 1.807) is 0 Å². The van der Waals surface area contributed by atoms with Crippen LogP contribution in [-0.2, 0) is 4.79 Å². The number of piperidine rings is 1. The molecular weight excluding hydrogens is 302 g/mol. The summed E-state index contributed by atoms with van der Waals surface area (Å²) >= 11 is 0. The zero-order valence-electron chi connectivity index (χ0n) is 14.3. The van der Waals surface area contributed by atoms with Gasteiger partial charge in [-0.2, -0.15) is 0 Å². The summed E-state index contributed by atoms with van der Waals surface area (Å²) in [5.41, 5.74) is 0.566. The fraction of sp³-hybridized carbons (Fsp3) is 0.850. The number of aliphatic hydroxyl groups is 2. The number of fused-ring (bicyclic) bond motifs is 1. The van der Waals surface area contributed by atoms with E-state index in [0.29, 0.717) is 18.3 Å². The molecule has 10 unspecified atom stereocenters. The first-order chi connectivity index (χ1) is 11.4. The predicted molar refractivity (Wildman–Crippen MR) is 88.0 cm³/mol. The molecule has 4 nitrogen and oxygen atoms in total. The van der Waals surface area contributed by atoms with Gasteiger partial charge in [-0.15, -0.1) is 0 Å². The SMILES string of the molecule is C=C1C2CC3(C1O)C1CC4C5(C)CCC(O)C4(C1NC5)C3CC2=O. The molecule has 5 saturated carbocycles. The van der Waals surface area contributed by atoms with Crippen LogP contribution in [0.25, 0.3) is 0 Å². The number of hydrogen-bond donors (Lipinski definition) is 3. The Morgan fingerprint density at radius 1 is 1.29 bits per heavy atom. The molecule has 3 N–H and O–H groups in total. The summed E-state index contributed by atoms with van der Waals surface area (Å²) < 4.78 is 0. The molecule has 1 heterocycles. The lowest BCUT2D eigenvalue weighted by molar-refractivity contribution is -0.191. The van der Waals surface area contributed by atoms with Gasteiger partial charge in [0, 0.05) is 35.8 Å². The summed E-state index contributed by atoms with van der Waals surface area (Å²) in [5.74, 6) is 1.12. The third-order valence-electron chi connectivity index (χ3n) is 9.77. The maximum absolute atomic E-state index is 12.8. The van der Waals surface area contributed by atoms with Crippen LogP contribution in [0.15, 0.2) is 12.2 Å². The van der Waals surface area contributed by atoms with Crippen molar-refractivity contribution < 1.29 is 15.0 Å². The molecule has 0 amide bonds. The molecule has 0 aromatic carbocycles. The van der Waals surface area contributed by atoms with Crippen molar-refractivity contribution in [3.8, 4) is 0 Å². The van der Waals surface area contributed by atoms with Gasteiger partial charge in [0.15, 0.2) is 0 Å². The van der Waals surface area contributed by atoms with Crippen molar-refractivity contribution in [2.75, 3.05) is 6.54 Å². The maximum atomic E-state index is 12.8. The molecule has 4 heteroatoms. The smallest absolute Gasteiger partial charge is 0.140 e. The lowest BCUT2D eigenvalue weighted by Crippen LogP contribution is -2.67. The van der Waals surface area contributed by atoms with Gasteiger partial charge in [-0.05, 0) is 54.4 Å². The molecule has 24 heavy (non-hydrogen) atoms. The monoisotopic (exact) mass is 329 g/mol. The highest BCUT2D eigenvalue weighted by Crippen LogP contribution is 2.81. The van der Waals surface area contributed by atoms with Crippen molar-refractivity contribution in [1.29, 1.82) is 0 Å². The molecule has 7 bridgehead atoms. The van der Waals surface area contributed by atoms with E-state index < -0.39 is 6.10 Å². The molecule has 1 aliphatic heterocycles. The Labute approximate surface area is 142 Å². The van der Waals surface area contributed by atoms with E-state index in [4.69, 9.17) is 0 Å². The van der Waals surface area contributed by atoms with Crippen LogP contribution in [0.2, 0.25) is 0 Å². The number of carbonyl (C=O) groups excluding carboxylic acids is 1. The van der Waals surface area contributed by atoms with Gasteiger partial charge in [0.25, 0.3) is 0 Å². The number of rotatable bonds is 0. The first-order valence-electron chi connectivity index (χ1n) is 9.68. The van der Waals surface area contributed by atoms with Crippen molar-refractivity contribution >= 4 is 5.78 Å². The lowest BCUT2D eigenvalue weighted by Gasteiger charge is -2.63. The van der Waals surface area contributed by atoms with E-state index in [1.807, 2.05) is 0 Å². The second-order valence-electron chi connectivity index (χ2n) is 10.0. The molecule has 1 saturated heterocycles. The first-order valence-corrected chi connectivity index (χ1v) is 9.68. The molecule has 0 aromatic heterocycles. The molecule has 5 aliphatic carbocycles. The van der Waals surface area contributed by atoms with Crippen LogP contribution in [0.1, 0.15) is 39.0 Å². The Hall–Kier alpha value is -0.710. The molecule has 6 aliphatic rings. The van der Waals surface area contributed by atoms with Gasteiger partial charge in [-0.1, -0.05) is 13.5 Å². The second-order valence-corrected chi connectivity index (χ2v) is 10.0. The van der Waals surface area contributed by atoms with Gasteiger partial charge < -0.3 is 15.5 Å². The average molecular weight is 329 g/mol. The second kappa shape index (κ2) is 3.84. The van der Waals surface area contributed by atoms with Gasteiger partial charge in [0.2, 0.25) is 0 Å². The molecule has 0 radical (unpaired) electrons. The lowest BCUT2D eigenvalue weighted by atomic mass is 9.43. The Morgan fingerprint density at radius 2 is 2.08 bits per heavy atom. The Balaban J connectivity index is 1.61. The first kappa shape index (κ1) is 14.5. The number of Topliss-reactive ketones (excluding diaryl/α,β-unsaturated/α-hetero) is 1. The molecule has 6 fully saturated rings. The van der Waals surface area contributed by atoms with Gasteiger partial charge in [0.05, 0.1) is 12.2 Å². The Bertz CT molecular complexity index is 690. The molecule has 0 aromatic rings. The molecule has 6 rings (SSSR count). The zero-order chi connectivity index (χ0) is 16.6. The van der Waals surface area contributed by atoms with Crippen LogP contribution in [0.5, 0.6) is 0 Å². The number of carbonyl (C=O) groups is 1. The van der Waals surface area contributed by atoms with Crippen LogP contribution in [-0.4, -0.2) is 40.8 Å². The maximum Gasteiger partial charge on any atom is 0.140 e. The largest absolute Gasteiger partial charge is 0.392 e. The number of hydrogen-bond acceptors (Lipinski definition) is 4. The van der Waals surface area contributed by atoms with Gasteiger partial charge >= 0.3 is 0 Å². The van der Waals surface area contributed by atoms with Crippen LogP contribution in [0.4, 0.5) is 0 Å². The Kier molecular flexibility index (Phi) is 2.31. The topological polar surface area (TPSA) is 69.6 Å². The highest BCUT2D eigenvalue weighted by atomic mass is 16.3. The quantitative estimate of drug-likeness (QED) is 0.586. The standard InChI is InChI=1S/C20H27NO3/c1-9-10-7-19(17(9)24)11-5-13-18(2)4-3-15(23)20(13,16(11)21-8-18)14(19)6-12(10)22/h10-11,13-17,21,23-24H,1,3-8H2,2H3. The van der Waals surface area contributed by atoms with Crippen molar-refractivity contribution in [3.63, 3.8) is 0 Å². The Morgan fingerprint density at radius 3 is 2.88 bits per heavy atom. The van der Waals surface area contributed by atoms with Crippen LogP contribution in [0, 0.1) is 39.9 Å². The summed E-state index contributed by atoms with van der Waals surface area (Å²) in [6, 6.07) is 0.267. The molecule has 10 atom stereocenters. The van der Waals surface area contributed by atoms with Crippen molar-refractivity contribution in [2.24, 2.45) is 39.9 Å². The van der Waals surface area contributed by atoms with E-state index in [2.05, 4.69) is 18.8 Å². The summed E-state index contributed by atoms with van der Waals surface area (Å²) in [6.45, 7) is 7.50. The fourth-order valence-electron chi connectivity index (χ4n) is 9.05. The van der Waals surface area contributed by atoms with Crippen molar-refractivity contribution in [3.05, 3.63) is 12.2 Å². The van der Waals surface area contributed by atoms with Crippen LogP contribution in [0.3, 0.4) is 0 Å². The van der Waals surface area contributed by atoms with Crippen molar-refractivity contribution in [1.82, 2.24) is 5.32 Å². The van der Waals surface area contributed by atoms with Gasteiger partial charge in [-0.25, -0.2) is 0 Å². The molecule has 130 valence electrons. The van der Waals surface area contributed by atoms with Gasteiger partial charge in [0.1, 0.15) is 5.78 Å². The number of aliphatic hydroxyl groups excluding tert-OH is 2. The van der Waals surface area contributed by atoms with E-state index in [1.165, 1.54) is 0 Å². The number of ketones is 1. The number of nitrogens with one attached hydrogen (secondary N) is 1. The summed E-state index contributed by atoms with van der Waals surface area (Å²) in [6.07, 6.45) is 3.43. The van der Waals surface area contributed by atoms with Crippen LogP contribution < -0.4 is 5.32 Å². The summed E-state index contributed by atoms with van der Waals surface area (Å²) in [7, 11) is 0. The van der Waals surface area contributed by atoms with Crippen LogP contribution >= 0.6 is 0 Å². The molecular formula is C20H27NO3. The van der Waals surface area contributed by atoms with Gasteiger partial charge in [-0.3, -0.25) is 4.79 Å². The summed E-state index contributed by atoms with van der Waals surface area (Å²) in [5, 5.41) is 26.2. The average Bonchev–Trinajstić information content (AvgIpc) is 3.05. The molecule has 2 spiro atoms. The zero-order valence-corrected chi connectivity index (χ0v) is 14.3. The van der Waals surface area contributed by atoms with Crippen molar-refractivity contribution in [2.45, 2.75) is 57.3 Å². The minimum Gasteiger partial charge on any atom is -0.392 e. The van der Waals surface area contributed by atoms with E-state index in [9.17, 15) is 15.0 Å². The third-order valence-corrected chi connectivity index (χ3v) is 9.77. The predicted octanol–water partition coefficient (Wildman–Crippen LogP) is 1.27. The highest BCUT2D eigenvalue weighted by molar-refractivity contribution is 5.87. The summed E-state index contributed by atoms with van der Waals surface area (Å²) in [4.78, 5) is 12.8. The van der Waals surface area contributed by atoms with E-state index in [0.717, 1.165) is 37.8 Å². The minimum atomic E-state index is -0.563. The third kappa shape index (κ3) is 1.12. The normalized spacial score (nSPS) is 66.0. The minimum absolute atomic E-state index is 0.124. The van der Waals surface area contributed by atoms with E-state index >= 15 is 0 Å².